The van der Waals surface area contributed by atoms with Gasteiger partial charge in [-0.1, -0.05) is 31.8 Å². The minimum Gasteiger partial charge on any atom is -0.497 e. The number of carbonyl (C=O) groups excluding carboxylic acids is 3. The molecular formula is C35H37FN2O8Si. The highest BCUT2D eigenvalue weighted by atomic mass is 28.3. The number of nitrogens with zero attached hydrogens (tertiary/aromatic N) is 2. The van der Waals surface area contributed by atoms with Gasteiger partial charge < -0.3 is 23.7 Å². The Kier molecular flexibility index (Phi) is 9.80. The van der Waals surface area contributed by atoms with E-state index < -0.39 is 26.0 Å². The van der Waals surface area contributed by atoms with Gasteiger partial charge in [-0.3, -0.25) is 19.5 Å². The third-order valence-electron chi connectivity index (χ3n) is 7.72. The van der Waals surface area contributed by atoms with Crippen LogP contribution in [0.5, 0.6) is 23.0 Å². The van der Waals surface area contributed by atoms with Crippen molar-refractivity contribution in [1.82, 2.24) is 9.88 Å². The lowest BCUT2D eigenvalue weighted by Crippen LogP contribution is -2.29. The van der Waals surface area contributed by atoms with Crippen molar-refractivity contribution in [3.8, 4) is 23.0 Å². The zero-order chi connectivity index (χ0) is 33.9. The minimum atomic E-state index is -1.57. The lowest BCUT2D eigenvalue weighted by molar-refractivity contribution is 0.0639. The number of pyridine rings is 1. The van der Waals surface area contributed by atoms with Crippen LogP contribution in [0.25, 0.3) is 10.9 Å². The second-order valence-electron chi connectivity index (χ2n) is 12.3. The third kappa shape index (κ3) is 7.22. The van der Waals surface area contributed by atoms with Gasteiger partial charge in [-0.05, 0) is 60.8 Å². The van der Waals surface area contributed by atoms with Crippen LogP contribution in [0.4, 0.5) is 9.18 Å². The summed E-state index contributed by atoms with van der Waals surface area (Å²) in [4.78, 5) is 46.8. The predicted octanol–water partition coefficient (Wildman–Crippen LogP) is 7.03. The molecule has 3 aromatic carbocycles. The molecule has 2 heterocycles. The van der Waals surface area contributed by atoms with E-state index in [1.54, 1.807) is 49.5 Å². The van der Waals surface area contributed by atoms with Gasteiger partial charge >= 0.3 is 6.16 Å². The molecule has 246 valence electrons. The van der Waals surface area contributed by atoms with Crippen molar-refractivity contribution in [3.63, 3.8) is 0 Å². The monoisotopic (exact) mass is 660 g/mol. The number of amides is 2. The molecular weight excluding hydrogens is 623 g/mol. The first-order chi connectivity index (χ1) is 22.4. The molecule has 0 saturated carbocycles. The van der Waals surface area contributed by atoms with E-state index in [9.17, 15) is 18.8 Å². The van der Waals surface area contributed by atoms with E-state index in [1.807, 2.05) is 0 Å². The number of benzene rings is 3. The number of carbonyl (C=O) groups is 3. The summed E-state index contributed by atoms with van der Waals surface area (Å²) in [5, 5.41) is 0.392. The molecule has 12 heteroatoms. The molecule has 0 unspecified atom stereocenters. The maximum Gasteiger partial charge on any atom is 0.513 e. The SMILES string of the molecule is CCOC(=O)Oc1c2c(c(OCC[Si](C)(C)C)c3cc(Cc4ccc(F)cc4)cnc13)C(=O)N(Cc1ccc(OC)cc1OC)C2=O. The van der Waals surface area contributed by atoms with Crippen LogP contribution in [-0.4, -0.2) is 63.4 Å². The molecule has 0 bridgehead atoms. The van der Waals surface area contributed by atoms with Crippen molar-refractivity contribution in [1.29, 1.82) is 0 Å². The Labute approximate surface area is 273 Å². The molecule has 10 nitrogen and oxygen atoms in total. The first-order valence-corrected chi connectivity index (χ1v) is 18.9. The molecule has 0 saturated heterocycles. The Balaban J connectivity index is 1.68. The van der Waals surface area contributed by atoms with Crippen LogP contribution in [0.1, 0.15) is 44.3 Å². The number of imide groups is 1. The number of ether oxygens (including phenoxy) is 5. The Morgan fingerprint density at radius 1 is 0.915 bits per heavy atom. The fraction of sp³-hybridized carbons (Fsp3) is 0.314. The molecule has 1 aromatic heterocycles. The van der Waals surface area contributed by atoms with Gasteiger partial charge in [0.25, 0.3) is 11.8 Å². The highest BCUT2D eigenvalue weighted by Gasteiger charge is 2.44. The summed E-state index contributed by atoms with van der Waals surface area (Å²) in [6.07, 6.45) is 0.943. The van der Waals surface area contributed by atoms with Crippen LogP contribution < -0.4 is 18.9 Å². The molecule has 1 aliphatic heterocycles. The van der Waals surface area contributed by atoms with E-state index in [0.29, 0.717) is 35.5 Å². The highest BCUT2D eigenvalue weighted by molar-refractivity contribution is 6.76. The van der Waals surface area contributed by atoms with Crippen molar-refractivity contribution in [3.05, 3.63) is 88.4 Å². The average Bonchev–Trinajstić information content (AvgIpc) is 3.28. The zero-order valence-electron chi connectivity index (χ0n) is 27.3. The minimum absolute atomic E-state index is 0.0226. The van der Waals surface area contributed by atoms with Gasteiger partial charge in [0.05, 0.1) is 39.5 Å². The van der Waals surface area contributed by atoms with Crippen molar-refractivity contribution < 1.29 is 42.5 Å². The maximum atomic E-state index is 14.3. The number of rotatable bonds is 12. The van der Waals surface area contributed by atoms with Gasteiger partial charge in [0.1, 0.15) is 34.1 Å². The van der Waals surface area contributed by atoms with Gasteiger partial charge in [0.2, 0.25) is 0 Å². The van der Waals surface area contributed by atoms with Gasteiger partial charge in [-0.25, -0.2) is 9.18 Å². The molecule has 2 amide bonds. The quantitative estimate of drug-likeness (QED) is 0.0684. The molecule has 0 atom stereocenters. The average molecular weight is 661 g/mol. The fourth-order valence-electron chi connectivity index (χ4n) is 5.28. The van der Waals surface area contributed by atoms with E-state index in [1.165, 1.54) is 26.4 Å². The van der Waals surface area contributed by atoms with Crippen molar-refractivity contribution in [2.75, 3.05) is 27.4 Å². The molecule has 0 spiro atoms. The number of aromatic nitrogens is 1. The van der Waals surface area contributed by atoms with Crippen LogP contribution in [0, 0.1) is 5.82 Å². The maximum absolute atomic E-state index is 14.3. The largest absolute Gasteiger partial charge is 0.513 e. The van der Waals surface area contributed by atoms with E-state index in [0.717, 1.165) is 22.1 Å². The molecule has 0 radical (unpaired) electrons. The number of methoxy groups -OCH3 is 2. The summed E-state index contributed by atoms with van der Waals surface area (Å²) in [7, 11) is 1.44. The lowest BCUT2D eigenvalue weighted by atomic mass is 9.99. The molecule has 0 fully saturated rings. The summed E-state index contributed by atoms with van der Waals surface area (Å²) in [5.41, 5.74) is 2.13. The normalized spacial score (nSPS) is 12.7. The molecule has 0 aliphatic carbocycles. The van der Waals surface area contributed by atoms with E-state index >= 15 is 0 Å². The number of hydrogen-bond acceptors (Lipinski definition) is 9. The second kappa shape index (κ2) is 13.8. The smallest absolute Gasteiger partial charge is 0.497 e. The van der Waals surface area contributed by atoms with Crippen LogP contribution in [-0.2, 0) is 17.7 Å². The lowest BCUT2D eigenvalue weighted by Gasteiger charge is -2.19. The highest BCUT2D eigenvalue weighted by Crippen LogP contribution is 2.46. The molecule has 4 aromatic rings. The van der Waals surface area contributed by atoms with Gasteiger partial charge in [-0.2, -0.15) is 0 Å². The van der Waals surface area contributed by atoms with Crippen molar-refractivity contribution in [2.24, 2.45) is 0 Å². The fourth-order valence-corrected chi connectivity index (χ4v) is 6.00. The van der Waals surface area contributed by atoms with Gasteiger partial charge in [0.15, 0.2) is 5.75 Å². The standard InChI is InChI=1S/C35H37FN2O8Si/c1-7-44-35(41)46-32-29-28(33(39)38(34(29)40)20-23-10-13-25(42-2)18-27(23)43-3)31(45-14-15-47(4,5)6)26-17-22(19-37-30(26)32)16-21-8-11-24(36)12-9-21/h8-13,17-19H,7,14-16,20H2,1-6H3. The number of fused-ring (bicyclic) bond motifs is 2. The summed E-state index contributed by atoms with van der Waals surface area (Å²) in [5.74, 6) is -0.693. The van der Waals surface area contributed by atoms with E-state index in [4.69, 9.17) is 23.7 Å². The van der Waals surface area contributed by atoms with E-state index in [2.05, 4.69) is 24.6 Å². The van der Waals surface area contributed by atoms with Crippen LogP contribution >= 0.6 is 0 Å². The molecule has 0 N–H and O–H groups in total. The third-order valence-corrected chi connectivity index (χ3v) is 9.42. The van der Waals surface area contributed by atoms with Crippen molar-refractivity contribution >= 4 is 36.9 Å². The Morgan fingerprint density at radius 3 is 2.26 bits per heavy atom. The van der Waals surface area contributed by atoms with Gasteiger partial charge in [-0.15, -0.1) is 0 Å². The zero-order valence-corrected chi connectivity index (χ0v) is 28.3. The van der Waals surface area contributed by atoms with Gasteiger partial charge in [0, 0.05) is 31.3 Å². The molecule has 1 aliphatic rings. The first-order valence-electron chi connectivity index (χ1n) is 15.2. The number of hydrogen-bond donors (Lipinski definition) is 0. The van der Waals surface area contributed by atoms with Crippen LogP contribution in [0.15, 0.2) is 54.7 Å². The summed E-state index contributed by atoms with van der Waals surface area (Å²) >= 11 is 0. The van der Waals surface area contributed by atoms with Crippen LogP contribution in [0.3, 0.4) is 0 Å². The van der Waals surface area contributed by atoms with Crippen molar-refractivity contribution in [2.45, 2.75) is 45.6 Å². The Bertz CT molecular complexity index is 1840. The summed E-state index contributed by atoms with van der Waals surface area (Å²) < 4.78 is 41.5. The predicted molar refractivity (Wildman–Crippen MR) is 176 cm³/mol. The topological polar surface area (TPSA) is 113 Å². The summed E-state index contributed by atoms with van der Waals surface area (Å²) in [6.45, 7) is 8.43. The Hall–Kier alpha value is -4.97. The summed E-state index contributed by atoms with van der Waals surface area (Å²) in [6, 6.07) is 13.8. The molecule has 5 rings (SSSR count). The van der Waals surface area contributed by atoms with Crippen LogP contribution in [0.2, 0.25) is 25.7 Å². The second-order valence-corrected chi connectivity index (χ2v) is 17.9. The van der Waals surface area contributed by atoms with E-state index in [-0.39, 0.29) is 47.1 Å². The first kappa shape index (κ1) is 33.4. The number of halogens is 1. The Morgan fingerprint density at radius 2 is 1.62 bits per heavy atom. The molecule has 47 heavy (non-hydrogen) atoms.